The summed E-state index contributed by atoms with van der Waals surface area (Å²) >= 11 is 0. The summed E-state index contributed by atoms with van der Waals surface area (Å²) in [6.07, 6.45) is 0. The fourth-order valence-electron chi connectivity index (χ4n) is 1.26. The van der Waals surface area contributed by atoms with E-state index in [1.165, 1.54) is 12.1 Å². The maximum atomic E-state index is 13.4. The van der Waals surface area contributed by atoms with Crippen LogP contribution in [0.3, 0.4) is 0 Å². The molecule has 0 aromatic heterocycles. The minimum Gasteiger partial charge on any atom is -0.225 e. The van der Waals surface area contributed by atoms with Crippen LogP contribution in [0.15, 0.2) is 23.1 Å². The van der Waals surface area contributed by atoms with E-state index in [1.807, 2.05) is 0 Å². The summed E-state index contributed by atoms with van der Waals surface area (Å²) in [5.41, 5.74) is -0.112. The van der Waals surface area contributed by atoms with Gasteiger partial charge in [0.25, 0.3) is 0 Å². The van der Waals surface area contributed by atoms with E-state index in [1.54, 1.807) is 20.8 Å². The molecule has 0 spiro atoms. The third-order valence-electron chi connectivity index (χ3n) is 2.07. The van der Waals surface area contributed by atoms with Crippen molar-refractivity contribution in [2.45, 2.75) is 31.1 Å². The van der Waals surface area contributed by atoms with Crippen molar-refractivity contribution in [1.82, 2.24) is 0 Å². The molecule has 2 N–H and O–H groups in total. The van der Waals surface area contributed by atoms with Gasteiger partial charge in [0.15, 0.2) is 0 Å². The highest BCUT2D eigenvalue weighted by atomic mass is 32.2. The molecule has 5 heteroatoms. The zero-order valence-corrected chi connectivity index (χ0v) is 9.73. The van der Waals surface area contributed by atoms with Gasteiger partial charge in [-0.05, 0) is 29.2 Å². The summed E-state index contributed by atoms with van der Waals surface area (Å²) in [5.74, 6) is -0.421. The van der Waals surface area contributed by atoms with Gasteiger partial charge in [-0.15, -0.1) is 0 Å². The molecular formula is C10H14FNO2S. The van der Waals surface area contributed by atoms with E-state index < -0.39 is 21.3 Å². The molecule has 1 aromatic rings. The number of primary sulfonamides is 1. The van der Waals surface area contributed by atoms with Crippen molar-refractivity contribution in [1.29, 1.82) is 0 Å². The van der Waals surface area contributed by atoms with Crippen LogP contribution in [-0.4, -0.2) is 8.42 Å². The fraction of sp³-hybridized carbons (Fsp3) is 0.400. The van der Waals surface area contributed by atoms with Gasteiger partial charge in [-0.1, -0.05) is 20.8 Å². The molecule has 3 nitrogen and oxygen atoms in total. The second-order valence-corrected chi connectivity index (χ2v) is 6.00. The SMILES string of the molecule is CC(C)(C)c1cc(S(N)(=O)=O)ccc1F. The molecule has 0 unspecified atom stereocenters. The Morgan fingerprint density at radius 3 is 2.20 bits per heavy atom. The first-order valence-electron chi connectivity index (χ1n) is 4.45. The lowest BCUT2D eigenvalue weighted by atomic mass is 9.87. The molecule has 0 heterocycles. The number of benzene rings is 1. The van der Waals surface area contributed by atoms with E-state index >= 15 is 0 Å². The smallest absolute Gasteiger partial charge is 0.225 e. The molecule has 0 radical (unpaired) electrons. The van der Waals surface area contributed by atoms with Crippen LogP contribution in [0.2, 0.25) is 0 Å². The first-order valence-corrected chi connectivity index (χ1v) is 6.00. The fourth-order valence-corrected chi connectivity index (χ4v) is 1.80. The van der Waals surface area contributed by atoms with Gasteiger partial charge in [0, 0.05) is 0 Å². The molecule has 0 bridgehead atoms. The molecule has 0 amide bonds. The Bertz CT molecular complexity index is 475. The molecule has 0 aliphatic heterocycles. The molecule has 0 saturated carbocycles. The van der Waals surface area contributed by atoms with Crippen LogP contribution in [0.4, 0.5) is 4.39 Å². The molecule has 0 saturated heterocycles. The van der Waals surface area contributed by atoms with E-state index in [2.05, 4.69) is 0 Å². The Labute approximate surface area is 89.2 Å². The van der Waals surface area contributed by atoms with E-state index in [4.69, 9.17) is 5.14 Å². The maximum absolute atomic E-state index is 13.4. The van der Waals surface area contributed by atoms with E-state index in [0.29, 0.717) is 5.56 Å². The minimum atomic E-state index is -3.77. The van der Waals surface area contributed by atoms with E-state index in [9.17, 15) is 12.8 Å². The summed E-state index contributed by atoms with van der Waals surface area (Å²) in [6, 6.07) is 3.57. The largest absolute Gasteiger partial charge is 0.238 e. The van der Waals surface area contributed by atoms with Crippen LogP contribution in [0.1, 0.15) is 26.3 Å². The molecule has 0 atom stereocenters. The summed E-state index contributed by atoms with van der Waals surface area (Å²) in [5, 5.41) is 4.97. The minimum absolute atomic E-state index is 0.0613. The van der Waals surface area contributed by atoms with Gasteiger partial charge in [0.05, 0.1) is 4.90 Å². The van der Waals surface area contributed by atoms with Crippen molar-refractivity contribution in [3.8, 4) is 0 Å². The lowest BCUT2D eigenvalue weighted by Gasteiger charge is -2.20. The van der Waals surface area contributed by atoms with Gasteiger partial charge in [-0.25, -0.2) is 17.9 Å². The zero-order valence-electron chi connectivity index (χ0n) is 8.91. The van der Waals surface area contributed by atoms with Gasteiger partial charge >= 0.3 is 0 Å². The predicted molar refractivity (Wildman–Crippen MR) is 56.5 cm³/mol. The van der Waals surface area contributed by atoms with Crippen LogP contribution in [-0.2, 0) is 15.4 Å². The molecule has 84 valence electrons. The summed E-state index contributed by atoms with van der Waals surface area (Å²) in [4.78, 5) is -0.0613. The van der Waals surface area contributed by atoms with Gasteiger partial charge < -0.3 is 0 Å². The molecule has 0 aliphatic carbocycles. The normalized spacial score (nSPS) is 12.9. The number of hydrogen-bond donors (Lipinski definition) is 1. The van der Waals surface area contributed by atoms with Crippen LogP contribution in [0.25, 0.3) is 0 Å². The summed E-state index contributed by atoms with van der Waals surface area (Å²) < 4.78 is 35.6. The first kappa shape index (κ1) is 12.1. The third-order valence-corrected chi connectivity index (χ3v) is 2.99. The zero-order chi connectivity index (χ0) is 11.9. The van der Waals surface area contributed by atoms with Gasteiger partial charge in [-0.2, -0.15) is 0 Å². The van der Waals surface area contributed by atoms with E-state index in [-0.39, 0.29) is 4.90 Å². The number of rotatable bonds is 1. The van der Waals surface area contributed by atoms with Crippen molar-refractivity contribution >= 4 is 10.0 Å². The first-order chi connectivity index (χ1) is 6.62. The Morgan fingerprint density at radius 2 is 1.80 bits per heavy atom. The van der Waals surface area contributed by atoms with Crippen LogP contribution >= 0.6 is 0 Å². The third kappa shape index (κ3) is 2.76. The Hall–Kier alpha value is -0.940. The molecular weight excluding hydrogens is 217 g/mol. The molecule has 0 fully saturated rings. The van der Waals surface area contributed by atoms with Crippen LogP contribution in [0, 0.1) is 5.82 Å². The van der Waals surface area contributed by atoms with Gasteiger partial charge in [-0.3, -0.25) is 0 Å². The molecule has 15 heavy (non-hydrogen) atoms. The highest BCUT2D eigenvalue weighted by molar-refractivity contribution is 7.89. The van der Waals surface area contributed by atoms with Crippen LogP contribution < -0.4 is 5.14 Å². The quantitative estimate of drug-likeness (QED) is 0.800. The Morgan fingerprint density at radius 1 is 1.27 bits per heavy atom. The van der Waals surface area contributed by atoms with Crippen molar-refractivity contribution in [3.63, 3.8) is 0 Å². The Kier molecular flexibility index (Phi) is 2.89. The summed E-state index contributed by atoms with van der Waals surface area (Å²) in [6.45, 7) is 5.41. The number of hydrogen-bond acceptors (Lipinski definition) is 2. The van der Waals surface area contributed by atoms with Gasteiger partial charge in [0.2, 0.25) is 10.0 Å². The summed E-state index contributed by atoms with van der Waals surface area (Å²) in [7, 11) is -3.77. The molecule has 1 aromatic carbocycles. The number of sulfonamides is 1. The number of nitrogens with two attached hydrogens (primary N) is 1. The second-order valence-electron chi connectivity index (χ2n) is 4.44. The van der Waals surface area contributed by atoms with E-state index in [0.717, 1.165) is 6.07 Å². The van der Waals surface area contributed by atoms with Crippen molar-refractivity contribution in [2.24, 2.45) is 5.14 Å². The second kappa shape index (κ2) is 3.57. The number of halogens is 1. The monoisotopic (exact) mass is 231 g/mol. The highest BCUT2D eigenvalue weighted by Crippen LogP contribution is 2.26. The highest BCUT2D eigenvalue weighted by Gasteiger charge is 2.20. The predicted octanol–water partition coefficient (Wildman–Crippen LogP) is 1.77. The molecule has 0 aliphatic rings. The Balaban J connectivity index is 3.43. The average molecular weight is 231 g/mol. The van der Waals surface area contributed by atoms with Crippen molar-refractivity contribution in [3.05, 3.63) is 29.6 Å². The topological polar surface area (TPSA) is 60.2 Å². The van der Waals surface area contributed by atoms with Gasteiger partial charge in [0.1, 0.15) is 5.82 Å². The standard InChI is InChI=1S/C10H14FNO2S/c1-10(2,3)8-6-7(15(12,13)14)4-5-9(8)11/h4-6H,1-3H3,(H2,12,13,14). The van der Waals surface area contributed by atoms with Crippen LogP contribution in [0.5, 0.6) is 0 Å². The van der Waals surface area contributed by atoms with Crippen molar-refractivity contribution in [2.75, 3.05) is 0 Å². The average Bonchev–Trinajstić information content (AvgIpc) is 2.00. The lowest BCUT2D eigenvalue weighted by molar-refractivity contribution is 0.520. The molecule has 1 rings (SSSR count). The van der Waals surface area contributed by atoms with Crippen molar-refractivity contribution < 1.29 is 12.8 Å². The lowest BCUT2D eigenvalue weighted by Crippen LogP contribution is -2.17. The maximum Gasteiger partial charge on any atom is 0.238 e.